The minimum absolute atomic E-state index is 0.103. The number of nitrogens with zero attached hydrogens (tertiary/aromatic N) is 1. The van der Waals surface area contributed by atoms with E-state index in [1.54, 1.807) is 6.07 Å². The van der Waals surface area contributed by atoms with E-state index in [1.807, 2.05) is 13.1 Å². The molecule has 0 amide bonds. The Morgan fingerprint density at radius 3 is 2.82 bits per heavy atom. The average Bonchev–Trinajstić information content (AvgIpc) is 3.13. The van der Waals surface area contributed by atoms with Crippen molar-refractivity contribution in [1.82, 2.24) is 5.32 Å². The number of rotatable bonds is 6. The number of nitrogens with one attached hydrogen (secondary N) is 1. The molecule has 0 aromatic heterocycles. The zero-order valence-electron chi connectivity index (χ0n) is 10.1. The molecule has 2 N–H and O–H groups in total. The number of anilines is 1. The maximum Gasteiger partial charge on any atom is 0.129 e. The van der Waals surface area contributed by atoms with E-state index in [9.17, 15) is 4.39 Å². The minimum atomic E-state index is -0.180. The lowest BCUT2D eigenvalue weighted by Crippen LogP contribution is -2.30. The first-order chi connectivity index (χ1) is 8.27. The monoisotopic (exact) mass is 238 g/mol. The van der Waals surface area contributed by atoms with Gasteiger partial charge in [0.25, 0.3) is 0 Å². The molecule has 0 aliphatic heterocycles. The first kappa shape index (κ1) is 12.3. The van der Waals surface area contributed by atoms with Gasteiger partial charge in [0.1, 0.15) is 5.82 Å². The molecule has 1 aliphatic carbocycles. The second-order valence-corrected chi connectivity index (χ2v) is 4.42. The van der Waals surface area contributed by atoms with Crippen LogP contribution in [0.1, 0.15) is 18.4 Å². The molecule has 0 heterocycles. The van der Waals surface area contributed by atoms with Crippen LogP contribution in [0.4, 0.5) is 10.1 Å². The summed E-state index contributed by atoms with van der Waals surface area (Å²) in [7, 11) is 1.81. The first-order valence-corrected chi connectivity index (χ1v) is 6.07. The van der Waals surface area contributed by atoms with Crippen molar-refractivity contribution < 1.29 is 9.50 Å². The highest BCUT2D eigenvalue weighted by molar-refractivity contribution is 5.56. The van der Waals surface area contributed by atoms with E-state index in [1.165, 1.54) is 6.07 Å². The Bertz CT molecular complexity index is 380. The normalized spacial score (nSPS) is 15.0. The fourth-order valence-corrected chi connectivity index (χ4v) is 2.16. The largest absolute Gasteiger partial charge is 0.395 e. The predicted molar refractivity (Wildman–Crippen MR) is 66.6 cm³/mol. The summed E-state index contributed by atoms with van der Waals surface area (Å²) in [5.74, 6) is -0.180. The molecule has 1 aromatic rings. The van der Waals surface area contributed by atoms with Crippen molar-refractivity contribution in [1.29, 1.82) is 0 Å². The summed E-state index contributed by atoms with van der Waals surface area (Å²) in [5.41, 5.74) is 1.60. The molecule has 2 rings (SSSR count). The average molecular weight is 238 g/mol. The van der Waals surface area contributed by atoms with E-state index >= 15 is 0 Å². The fourth-order valence-electron chi connectivity index (χ4n) is 2.16. The SMILES string of the molecule is CNCc1c(F)cccc1N(CCO)C1CC1. The van der Waals surface area contributed by atoms with Gasteiger partial charge in [-0.2, -0.15) is 0 Å². The van der Waals surface area contributed by atoms with Gasteiger partial charge in [-0.3, -0.25) is 0 Å². The molecule has 3 nitrogen and oxygen atoms in total. The molecule has 17 heavy (non-hydrogen) atoms. The molecule has 1 aliphatic rings. The molecule has 0 unspecified atom stereocenters. The van der Waals surface area contributed by atoms with Crippen molar-refractivity contribution in [3.8, 4) is 0 Å². The van der Waals surface area contributed by atoms with Crippen LogP contribution in [0.2, 0.25) is 0 Å². The number of hydrogen-bond donors (Lipinski definition) is 2. The van der Waals surface area contributed by atoms with Gasteiger partial charge in [-0.25, -0.2) is 4.39 Å². The van der Waals surface area contributed by atoms with Crippen molar-refractivity contribution in [3.63, 3.8) is 0 Å². The van der Waals surface area contributed by atoms with E-state index in [4.69, 9.17) is 5.11 Å². The molecule has 4 heteroatoms. The molecular weight excluding hydrogens is 219 g/mol. The van der Waals surface area contributed by atoms with Gasteiger partial charge in [0.05, 0.1) is 6.61 Å². The summed E-state index contributed by atoms with van der Waals surface area (Å²) in [5, 5.41) is 12.1. The Kier molecular flexibility index (Phi) is 3.97. The zero-order valence-corrected chi connectivity index (χ0v) is 10.1. The van der Waals surface area contributed by atoms with E-state index in [0.29, 0.717) is 24.7 Å². The zero-order chi connectivity index (χ0) is 12.3. The van der Waals surface area contributed by atoms with Gasteiger partial charge in [0.15, 0.2) is 0 Å². The van der Waals surface area contributed by atoms with Crippen molar-refractivity contribution in [2.24, 2.45) is 0 Å². The second kappa shape index (κ2) is 5.47. The van der Waals surface area contributed by atoms with Crippen molar-refractivity contribution in [2.45, 2.75) is 25.4 Å². The molecule has 94 valence electrons. The summed E-state index contributed by atoms with van der Waals surface area (Å²) in [6.45, 7) is 1.19. The minimum Gasteiger partial charge on any atom is -0.395 e. The third-order valence-corrected chi connectivity index (χ3v) is 3.09. The topological polar surface area (TPSA) is 35.5 Å². The summed E-state index contributed by atoms with van der Waals surface area (Å²) < 4.78 is 13.8. The van der Waals surface area contributed by atoms with Crippen LogP contribution in [0.15, 0.2) is 18.2 Å². The first-order valence-electron chi connectivity index (χ1n) is 6.07. The van der Waals surface area contributed by atoms with Gasteiger partial charge < -0.3 is 15.3 Å². The second-order valence-electron chi connectivity index (χ2n) is 4.42. The van der Waals surface area contributed by atoms with E-state index < -0.39 is 0 Å². The van der Waals surface area contributed by atoms with Gasteiger partial charge >= 0.3 is 0 Å². The standard InChI is InChI=1S/C13H19FN2O/c1-15-9-11-12(14)3-2-4-13(11)16(7-8-17)10-5-6-10/h2-4,10,15,17H,5-9H2,1H3. The van der Waals surface area contributed by atoms with Crippen LogP contribution < -0.4 is 10.2 Å². The Labute approximate surface area is 101 Å². The van der Waals surface area contributed by atoms with Crippen molar-refractivity contribution in [2.75, 3.05) is 25.1 Å². The Hall–Kier alpha value is -1.13. The van der Waals surface area contributed by atoms with Crippen molar-refractivity contribution in [3.05, 3.63) is 29.6 Å². The Morgan fingerprint density at radius 1 is 1.47 bits per heavy atom. The third-order valence-electron chi connectivity index (χ3n) is 3.09. The molecule has 1 fully saturated rings. The lowest BCUT2D eigenvalue weighted by atomic mass is 10.1. The maximum atomic E-state index is 13.8. The fraction of sp³-hybridized carbons (Fsp3) is 0.538. The summed E-state index contributed by atoms with van der Waals surface area (Å²) >= 11 is 0. The van der Waals surface area contributed by atoms with Gasteiger partial charge in [-0.1, -0.05) is 6.07 Å². The van der Waals surface area contributed by atoms with Crippen LogP contribution in [-0.2, 0) is 6.54 Å². The van der Waals surface area contributed by atoms with E-state index in [2.05, 4.69) is 10.2 Å². The summed E-state index contributed by atoms with van der Waals surface area (Å²) in [6.07, 6.45) is 2.27. The highest BCUT2D eigenvalue weighted by atomic mass is 19.1. The number of hydrogen-bond acceptors (Lipinski definition) is 3. The Balaban J connectivity index is 2.30. The van der Waals surface area contributed by atoms with Crippen LogP contribution in [-0.4, -0.2) is 31.3 Å². The van der Waals surface area contributed by atoms with Gasteiger partial charge in [0.2, 0.25) is 0 Å². The third kappa shape index (κ3) is 2.76. The van der Waals surface area contributed by atoms with E-state index in [0.717, 1.165) is 18.5 Å². The molecule has 0 bridgehead atoms. The predicted octanol–water partition coefficient (Wildman–Crippen LogP) is 1.51. The maximum absolute atomic E-state index is 13.8. The molecule has 0 atom stereocenters. The Morgan fingerprint density at radius 2 is 2.24 bits per heavy atom. The highest BCUT2D eigenvalue weighted by Crippen LogP contribution is 2.34. The lowest BCUT2D eigenvalue weighted by Gasteiger charge is -2.26. The van der Waals surface area contributed by atoms with Crippen LogP contribution >= 0.6 is 0 Å². The van der Waals surface area contributed by atoms with Crippen molar-refractivity contribution >= 4 is 5.69 Å². The van der Waals surface area contributed by atoms with Crippen LogP contribution in [0.25, 0.3) is 0 Å². The smallest absolute Gasteiger partial charge is 0.129 e. The molecule has 0 spiro atoms. The van der Waals surface area contributed by atoms with Crippen LogP contribution in [0.3, 0.4) is 0 Å². The molecule has 0 radical (unpaired) electrons. The van der Waals surface area contributed by atoms with Gasteiger partial charge in [-0.05, 0) is 32.0 Å². The van der Waals surface area contributed by atoms with Gasteiger partial charge in [0, 0.05) is 30.4 Å². The molecular formula is C13H19FN2O. The summed E-state index contributed by atoms with van der Waals surface area (Å²) in [6, 6.07) is 5.63. The molecule has 0 saturated heterocycles. The van der Waals surface area contributed by atoms with Crippen LogP contribution in [0.5, 0.6) is 0 Å². The number of halogens is 1. The quantitative estimate of drug-likeness (QED) is 0.788. The number of aliphatic hydroxyl groups is 1. The van der Waals surface area contributed by atoms with E-state index in [-0.39, 0.29) is 12.4 Å². The van der Waals surface area contributed by atoms with Gasteiger partial charge in [-0.15, -0.1) is 0 Å². The summed E-state index contributed by atoms with van der Waals surface area (Å²) in [4.78, 5) is 2.12. The number of aliphatic hydroxyl groups excluding tert-OH is 1. The molecule has 1 saturated carbocycles. The number of benzene rings is 1. The molecule has 1 aromatic carbocycles. The lowest BCUT2D eigenvalue weighted by molar-refractivity contribution is 0.301. The highest BCUT2D eigenvalue weighted by Gasteiger charge is 2.30. The van der Waals surface area contributed by atoms with Crippen LogP contribution in [0, 0.1) is 5.82 Å².